The molecule has 0 aliphatic rings. The maximum absolute atomic E-state index is 9.43. The monoisotopic (exact) mass is 239 g/mol. The van der Waals surface area contributed by atoms with E-state index in [0.29, 0.717) is 0 Å². The van der Waals surface area contributed by atoms with Gasteiger partial charge in [0.2, 0.25) is 0 Å². The fourth-order valence-corrected chi connectivity index (χ4v) is 2.09. The van der Waals surface area contributed by atoms with Gasteiger partial charge < -0.3 is 14.8 Å². The van der Waals surface area contributed by atoms with Gasteiger partial charge >= 0.3 is 0 Å². The Morgan fingerprint density at radius 3 is 2.47 bits per heavy atom. The average molecular weight is 239 g/mol. The molecule has 0 aliphatic carbocycles. The Morgan fingerprint density at radius 1 is 1.35 bits per heavy atom. The number of hydrogen-bond acceptors (Lipinski definition) is 3. The normalized spacial score (nSPS) is 15.9. The first-order valence-corrected chi connectivity index (χ1v) is 6.28. The molecule has 0 amide bonds. The third-order valence-corrected chi connectivity index (χ3v) is 2.92. The van der Waals surface area contributed by atoms with Crippen molar-refractivity contribution in [3.8, 4) is 0 Å². The van der Waals surface area contributed by atoms with Gasteiger partial charge in [0.05, 0.1) is 12.1 Å². The molecule has 0 aliphatic heterocycles. The van der Waals surface area contributed by atoms with Gasteiger partial charge in [-0.25, -0.2) is 0 Å². The SMILES string of the molecule is Cc1ccc([C@@H](C)NCC(C)(C)C[C@H](C)O)o1. The van der Waals surface area contributed by atoms with Gasteiger partial charge in [0.15, 0.2) is 0 Å². The van der Waals surface area contributed by atoms with Gasteiger partial charge in [0.25, 0.3) is 0 Å². The second-order valence-corrected chi connectivity index (χ2v) is 5.77. The Morgan fingerprint density at radius 2 is 2.00 bits per heavy atom. The molecule has 0 aromatic carbocycles. The minimum atomic E-state index is -0.257. The van der Waals surface area contributed by atoms with E-state index in [-0.39, 0.29) is 17.6 Å². The van der Waals surface area contributed by atoms with E-state index in [4.69, 9.17) is 4.42 Å². The quantitative estimate of drug-likeness (QED) is 0.802. The maximum Gasteiger partial charge on any atom is 0.120 e. The van der Waals surface area contributed by atoms with Crippen LogP contribution in [0.5, 0.6) is 0 Å². The first-order valence-electron chi connectivity index (χ1n) is 6.28. The van der Waals surface area contributed by atoms with Crippen LogP contribution in [0.25, 0.3) is 0 Å². The Bertz CT molecular complexity index is 342. The van der Waals surface area contributed by atoms with Crippen LogP contribution in [-0.4, -0.2) is 17.8 Å². The standard InChI is InChI=1S/C14H25NO2/c1-10(16)8-14(4,5)9-15-12(3)13-7-6-11(2)17-13/h6-7,10,12,15-16H,8-9H2,1-5H3/t10-,12+/m0/s1. The van der Waals surface area contributed by atoms with Crippen LogP contribution >= 0.6 is 0 Å². The highest BCUT2D eigenvalue weighted by molar-refractivity contribution is 5.08. The molecule has 0 unspecified atom stereocenters. The van der Waals surface area contributed by atoms with Crippen LogP contribution in [0.4, 0.5) is 0 Å². The Kier molecular flexibility index (Phi) is 4.78. The summed E-state index contributed by atoms with van der Waals surface area (Å²) in [7, 11) is 0. The van der Waals surface area contributed by atoms with Crippen molar-refractivity contribution < 1.29 is 9.52 Å². The van der Waals surface area contributed by atoms with Gasteiger partial charge in [-0.3, -0.25) is 0 Å². The minimum Gasteiger partial charge on any atom is -0.465 e. The van der Waals surface area contributed by atoms with E-state index in [1.54, 1.807) is 0 Å². The maximum atomic E-state index is 9.43. The Hall–Kier alpha value is -0.800. The summed E-state index contributed by atoms with van der Waals surface area (Å²) in [4.78, 5) is 0. The van der Waals surface area contributed by atoms with Crippen molar-refractivity contribution in [3.05, 3.63) is 23.7 Å². The zero-order valence-corrected chi connectivity index (χ0v) is 11.6. The summed E-state index contributed by atoms with van der Waals surface area (Å²) in [6.45, 7) is 11.1. The summed E-state index contributed by atoms with van der Waals surface area (Å²) in [6.07, 6.45) is 0.539. The molecule has 0 saturated heterocycles. The molecule has 1 aromatic heterocycles. The lowest BCUT2D eigenvalue weighted by atomic mass is 9.87. The lowest BCUT2D eigenvalue weighted by Crippen LogP contribution is -2.33. The topological polar surface area (TPSA) is 45.4 Å². The van der Waals surface area contributed by atoms with Crippen molar-refractivity contribution in [3.63, 3.8) is 0 Å². The van der Waals surface area contributed by atoms with Crippen LogP contribution < -0.4 is 5.32 Å². The number of furan rings is 1. The Balaban J connectivity index is 2.45. The fraction of sp³-hybridized carbons (Fsp3) is 0.714. The average Bonchev–Trinajstić information content (AvgIpc) is 2.59. The second kappa shape index (κ2) is 5.69. The first-order chi connectivity index (χ1) is 7.80. The fourth-order valence-electron chi connectivity index (χ4n) is 2.09. The summed E-state index contributed by atoms with van der Waals surface area (Å²) in [6, 6.07) is 4.19. The van der Waals surface area contributed by atoms with E-state index in [1.165, 1.54) is 0 Å². The number of rotatable bonds is 6. The highest BCUT2D eigenvalue weighted by Crippen LogP contribution is 2.23. The zero-order chi connectivity index (χ0) is 13.1. The molecule has 1 rings (SSSR count). The number of aliphatic hydroxyl groups is 1. The minimum absolute atomic E-state index is 0.0874. The second-order valence-electron chi connectivity index (χ2n) is 5.77. The molecule has 17 heavy (non-hydrogen) atoms. The molecule has 98 valence electrons. The van der Waals surface area contributed by atoms with Crippen molar-refractivity contribution in [2.75, 3.05) is 6.54 Å². The van der Waals surface area contributed by atoms with Gasteiger partial charge in [-0.15, -0.1) is 0 Å². The number of aliphatic hydroxyl groups excluding tert-OH is 1. The summed E-state index contributed by atoms with van der Waals surface area (Å²) >= 11 is 0. The Labute approximate surface area is 104 Å². The van der Waals surface area contributed by atoms with Crippen LogP contribution in [0.1, 0.15) is 51.7 Å². The lowest BCUT2D eigenvalue weighted by Gasteiger charge is -2.28. The van der Waals surface area contributed by atoms with Gasteiger partial charge in [0.1, 0.15) is 11.5 Å². The first kappa shape index (κ1) is 14.3. The van der Waals surface area contributed by atoms with Gasteiger partial charge in [-0.1, -0.05) is 13.8 Å². The van der Waals surface area contributed by atoms with Gasteiger partial charge in [-0.2, -0.15) is 0 Å². The molecule has 0 fully saturated rings. The molecular formula is C14H25NO2. The molecular weight excluding hydrogens is 214 g/mol. The van der Waals surface area contributed by atoms with Crippen LogP contribution in [0.15, 0.2) is 16.5 Å². The van der Waals surface area contributed by atoms with Crippen LogP contribution in [0.3, 0.4) is 0 Å². The van der Waals surface area contributed by atoms with Crippen LogP contribution in [-0.2, 0) is 0 Å². The molecule has 0 bridgehead atoms. The number of nitrogens with one attached hydrogen (secondary N) is 1. The molecule has 3 heteroatoms. The van der Waals surface area contributed by atoms with Crippen molar-refractivity contribution in [1.82, 2.24) is 5.32 Å². The van der Waals surface area contributed by atoms with E-state index in [2.05, 4.69) is 26.1 Å². The van der Waals surface area contributed by atoms with Crippen molar-refractivity contribution >= 4 is 0 Å². The predicted octanol–water partition coefficient (Wildman–Crippen LogP) is 3.04. The van der Waals surface area contributed by atoms with Crippen LogP contribution in [0, 0.1) is 12.3 Å². The third kappa shape index (κ3) is 4.92. The van der Waals surface area contributed by atoms with Gasteiger partial charge in [-0.05, 0) is 44.7 Å². The molecule has 0 radical (unpaired) electrons. The smallest absolute Gasteiger partial charge is 0.120 e. The van der Waals surface area contributed by atoms with Crippen molar-refractivity contribution in [1.29, 1.82) is 0 Å². The summed E-state index contributed by atoms with van der Waals surface area (Å²) in [5.41, 5.74) is 0.0874. The highest BCUT2D eigenvalue weighted by Gasteiger charge is 2.21. The van der Waals surface area contributed by atoms with E-state index < -0.39 is 0 Å². The lowest BCUT2D eigenvalue weighted by molar-refractivity contribution is 0.126. The molecule has 2 atom stereocenters. The number of hydrogen-bond donors (Lipinski definition) is 2. The van der Waals surface area contributed by atoms with Crippen molar-refractivity contribution in [2.24, 2.45) is 5.41 Å². The van der Waals surface area contributed by atoms with E-state index in [9.17, 15) is 5.11 Å². The highest BCUT2D eigenvalue weighted by atomic mass is 16.3. The molecule has 0 spiro atoms. The van der Waals surface area contributed by atoms with E-state index >= 15 is 0 Å². The summed E-state index contributed by atoms with van der Waals surface area (Å²) in [5, 5.41) is 12.9. The number of aryl methyl sites for hydroxylation is 1. The molecule has 1 aromatic rings. The third-order valence-electron chi connectivity index (χ3n) is 2.92. The van der Waals surface area contributed by atoms with E-state index in [0.717, 1.165) is 24.5 Å². The summed E-state index contributed by atoms with van der Waals surface area (Å²) in [5.74, 6) is 1.91. The molecule has 3 nitrogen and oxygen atoms in total. The van der Waals surface area contributed by atoms with E-state index in [1.807, 2.05) is 26.0 Å². The van der Waals surface area contributed by atoms with Gasteiger partial charge in [0, 0.05) is 6.54 Å². The zero-order valence-electron chi connectivity index (χ0n) is 11.6. The molecule has 0 saturated carbocycles. The van der Waals surface area contributed by atoms with Crippen LogP contribution in [0.2, 0.25) is 0 Å². The largest absolute Gasteiger partial charge is 0.465 e. The molecule has 1 heterocycles. The van der Waals surface area contributed by atoms with Crippen molar-refractivity contribution in [2.45, 2.75) is 53.2 Å². The summed E-state index contributed by atoms with van der Waals surface area (Å²) < 4.78 is 5.58. The molecule has 2 N–H and O–H groups in total. The predicted molar refractivity (Wildman–Crippen MR) is 69.9 cm³/mol.